The second-order valence-electron chi connectivity index (χ2n) is 4.59. The molecule has 22 heavy (non-hydrogen) atoms. The van der Waals surface area contributed by atoms with Crippen LogP contribution >= 0.6 is 0 Å². The maximum absolute atomic E-state index is 11.6. The molecule has 1 unspecified atom stereocenters. The summed E-state index contributed by atoms with van der Waals surface area (Å²) in [5.74, 6) is -5.08. The Morgan fingerprint density at radius 1 is 0.818 bits per heavy atom. The molecular formula is C16H12O6. The van der Waals surface area contributed by atoms with Gasteiger partial charge in [-0.25, -0.2) is 9.59 Å². The Bertz CT molecular complexity index is 736. The fraction of sp³-hybridized carbons (Fsp3) is 0.0625. The molecule has 3 N–H and O–H groups in total. The van der Waals surface area contributed by atoms with Crippen LogP contribution in [0.4, 0.5) is 0 Å². The molecule has 2 aromatic rings. The van der Waals surface area contributed by atoms with E-state index in [0.29, 0.717) is 5.56 Å². The molecule has 0 saturated heterocycles. The van der Waals surface area contributed by atoms with Gasteiger partial charge in [0.2, 0.25) is 0 Å². The summed E-state index contributed by atoms with van der Waals surface area (Å²) in [7, 11) is 0. The molecule has 1 atom stereocenters. The van der Waals surface area contributed by atoms with E-state index in [-0.39, 0.29) is 16.7 Å². The maximum Gasteiger partial charge on any atom is 0.336 e. The summed E-state index contributed by atoms with van der Waals surface area (Å²) in [4.78, 5) is 34.0. The van der Waals surface area contributed by atoms with Crippen molar-refractivity contribution in [1.29, 1.82) is 0 Å². The van der Waals surface area contributed by atoms with Crippen molar-refractivity contribution in [2.75, 3.05) is 0 Å². The summed E-state index contributed by atoms with van der Waals surface area (Å²) in [6.45, 7) is 0. The van der Waals surface area contributed by atoms with E-state index in [9.17, 15) is 24.6 Å². The Balaban J connectivity index is 2.69. The molecule has 0 fully saturated rings. The molecule has 0 spiro atoms. The highest BCUT2D eigenvalue weighted by Gasteiger charge is 2.27. The van der Waals surface area contributed by atoms with Gasteiger partial charge in [-0.2, -0.15) is 0 Å². The molecule has 0 radical (unpaired) electrons. The molecule has 0 heterocycles. The molecule has 0 aliphatic rings. The molecule has 0 saturated carbocycles. The fourth-order valence-electron chi connectivity index (χ4n) is 2.23. The van der Waals surface area contributed by atoms with Crippen LogP contribution in [0.1, 0.15) is 37.8 Å². The predicted molar refractivity (Wildman–Crippen MR) is 76.3 cm³/mol. The molecule has 0 amide bonds. The van der Waals surface area contributed by atoms with E-state index in [4.69, 9.17) is 5.11 Å². The highest BCUT2D eigenvalue weighted by atomic mass is 16.4. The van der Waals surface area contributed by atoms with Crippen molar-refractivity contribution < 1.29 is 29.7 Å². The molecule has 0 aromatic heterocycles. The predicted octanol–water partition coefficient (Wildman–Crippen LogP) is 2.30. The van der Waals surface area contributed by atoms with E-state index in [1.807, 2.05) is 0 Å². The zero-order chi connectivity index (χ0) is 16.3. The lowest BCUT2D eigenvalue weighted by molar-refractivity contribution is -0.137. The molecule has 6 heteroatoms. The third-order valence-electron chi connectivity index (χ3n) is 3.22. The van der Waals surface area contributed by atoms with Gasteiger partial charge in [-0.1, -0.05) is 30.3 Å². The first-order valence-corrected chi connectivity index (χ1v) is 6.30. The molecule has 112 valence electrons. The van der Waals surface area contributed by atoms with Gasteiger partial charge in [0.25, 0.3) is 0 Å². The molecule has 2 rings (SSSR count). The minimum absolute atomic E-state index is 0.0638. The van der Waals surface area contributed by atoms with Gasteiger partial charge in [0.15, 0.2) is 0 Å². The summed E-state index contributed by atoms with van der Waals surface area (Å²) in [5, 5.41) is 27.7. The number of hydrogen-bond acceptors (Lipinski definition) is 3. The number of benzene rings is 2. The fourth-order valence-corrected chi connectivity index (χ4v) is 2.23. The Hall–Kier alpha value is -3.15. The van der Waals surface area contributed by atoms with Crippen molar-refractivity contribution in [3.8, 4) is 0 Å². The second-order valence-corrected chi connectivity index (χ2v) is 4.59. The number of rotatable bonds is 5. The summed E-state index contributed by atoms with van der Waals surface area (Å²) >= 11 is 0. The van der Waals surface area contributed by atoms with Crippen LogP contribution in [0.15, 0.2) is 48.5 Å². The number of hydrogen-bond donors (Lipinski definition) is 3. The lowest BCUT2D eigenvalue weighted by Crippen LogP contribution is -2.18. The minimum Gasteiger partial charge on any atom is -0.481 e. The number of aliphatic carboxylic acids is 1. The largest absolute Gasteiger partial charge is 0.481 e. The smallest absolute Gasteiger partial charge is 0.336 e. The molecule has 2 aromatic carbocycles. The van der Waals surface area contributed by atoms with E-state index < -0.39 is 23.8 Å². The van der Waals surface area contributed by atoms with Crippen molar-refractivity contribution in [3.05, 3.63) is 70.8 Å². The first-order chi connectivity index (χ1) is 10.4. The molecule has 0 aliphatic heterocycles. The van der Waals surface area contributed by atoms with E-state index >= 15 is 0 Å². The first-order valence-electron chi connectivity index (χ1n) is 6.30. The van der Waals surface area contributed by atoms with E-state index in [1.165, 1.54) is 0 Å². The number of aromatic carboxylic acids is 2. The van der Waals surface area contributed by atoms with Gasteiger partial charge in [0, 0.05) is 0 Å². The van der Waals surface area contributed by atoms with Crippen LogP contribution < -0.4 is 0 Å². The van der Waals surface area contributed by atoms with Gasteiger partial charge in [-0.15, -0.1) is 0 Å². The first kappa shape index (κ1) is 15.2. The second kappa shape index (κ2) is 6.09. The summed E-state index contributed by atoms with van der Waals surface area (Å²) in [6, 6.07) is 11.4. The minimum atomic E-state index is -1.31. The van der Waals surface area contributed by atoms with Crippen LogP contribution in [0.2, 0.25) is 0 Å². The van der Waals surface area contributed by atoms with Crippen molar-refractivity contribution in [1.82, 2.24) is 0 Å². The van der Waals surface area contributed by atoms with Gasteiger partial charge >= 0.3 is 17.9 Å². The van der Waals surface area contributed by atoms with Crippen LogP contribution in [0.25, 0.3) is 0 Å². The lowest BCUT2D eigenvalue weighted by Gasteiger charge is -2.16. The Labute approximate surface area is 125 Å². The summed E-state index contributed by atoms with van der Waals surface area (Å²) in [6.07, 6.45) is 0. The van der Waals surface area contributed by atoms with Gasteiger partial charge < -0.3 is 15.3 Å². The topological polar surface area (TPSA) is 112 Å². The Kier molecular flexibility index (Phi) is 4.22. The third-order valence-corrected chi connectivity index (χ3v) is 3.22. The molecular weight excluding hydrogens is 288 g/mol. The van der Waals surface area contributed by atoms with Crippen molar-refractivity contribution >= 4 is 17.9 Å². The van der Waals surface area contributed by atoms with Crippen LogP contribution in [0, 0.1) is 0 Å². The number of carbonyl (C=O) groups is 3. The molecule has 6 nitrogen and oxygen atoms in total. The monoisotopic (exact) mass is 300 g/mol. The SMILES string of the molecule is O=C(O)c1ccc(C(=O)O)c(C(C(=O)O)c2ccccc2)c1. The average Bonchev–Trinajstić information content (AvgIpc) is 2.47. The zero-order valence-corrected chi connectivity index (χ0v) is 11.3. The molecule has 0 bridgehead atoms. The average molecular weight is 300 g/mol. The van der Waals surface area contributed by atoms with Crippen molar-refractivity contribution in [2.24, 2.45) is 0 Å². The quantitative estimate of drug-likeness (QED) is 0.781. The van der Waals surface area contributed by atoms with Crippen molar-refractivity contribution in [2.45, 2.75) is 5.92 Å². The lowest BCUT2D eigenvalue weighted by atomic mass is 9.87. The number of carboxylic acid groups (broad SMARTS) is 3. The highest BCUT2D eigenvalue weighted by molar-refractivity contribution is 5.96. The van der Waals surface area contributed by atoms with Crippen LogP contribution in [0.3, 0.4) is 0 Å². The van der Waals surface area contributed by atoms with E-state index in [1.54, 1.807) is 30.3 Å². The van der Waals surface area contributed by atoms with Crippen LogP contribution in [-0.2, 0) is 4.79 Å². The molecule has 0 aliphatic carbocycles. The van der Waals surface area contributed by atoms with Gasteiger partial charge in [-0.05, 0) is 29.3 Å². The summed E-state index contributed by atoms with van der Waals surface area (Å²) in [5.41, 5.74) is -0.0884. The highest BCUT2D eigenvalue weighted by Crippen LogP contribution is 2.29. The Morgan fingerprint density at radius 3 is 1.95 bits per heavy atom. The Morgan fingerprint density at radius 2 is 1.45 bits per heavy atom. The maximum atomic E-state index is 11.6. The standard InChI is InChI=1S/C16H12O6/c17-14(18)10-6-7-11(15(19)20)12(8-10)13(16(21)22)9-4-2-1-3-5-9/h1-8,13H,(H,17,18)(H,19,20)(H,21,22). The van der Waals surface area contributed by atoms with Crippen LogP contribution in [0.5, 0.6) is 0 Å². The zero-order valence-electron chi connectivity index (χ0n) is 11.3. The van der Waals surface area contributed by atoms with E-state index in [2.05, 4.69) is 0 Å². The normalized spacial score (nSPS) is 11.6. The van der Waals surface area contributed by atoms with Gasteiger partial charge in [0.05, 0.1) is 11.1 Å². The summed E-state index contributed by atoms with van der Waals surface area (Å²) < 4.78 is 0. The van der Waals surface area contributed by atoms with Gasteiger partial charge in [-0.3, -0.25) is 4.79 Å². The third kappa shape index (κ3) is 2.95. The van der Waals surface area contributed by atoms with Gasteiger partial charge in [0.1, 0.15) is 5.92 Å². The van der Waals surface area contributed by atoms with Crippen LogP contribution in [-0.4, -0.2) is 33.2 Å². The van der Waals surface area contributed by atoms with E-state index in [0.717, 1.165) is 18.2 Å². The number of carboxylic acids is 3. The van der Waals surface area contributed by atoms with Crippen molar-refractivity contribution in [3.63, 3.8) is 0 Å².